The molecule has 0 aliphatic carbocycles. The Balaban J connectivity index is 1.90. The fraction of sp³-hybridized carbons (Fsp3) is 0.417. The largest absolute Gasteiger partial charge is 0.389 e. The van der Waals surface area contributed by atoms with Gasteiger partial charge in [0.2, 0.25) is 0 Å². The van der Waals surface area contributed by atoms with Crippen LogP contribution >= 0.6 is 0 Å². The van der Waals surface area contributed by atoms with Crippen LogP contribution in [0, 0.1) is 0 Å². The molecule has 0 bridgehead atoms. The molecular formula is C12H14N4O3. The van der Waals surface area contributed by atoms with Crippen molar-refractivity contribution in [2.75, 3.05) is 13.1 Å². The lowest BCUT2D eigenvalue weighted by atomic mass is 10.2. The summed E-state index contributed by atoms with van der Waals surface area (Å²) < 4.78 is 1.24. The van der Waals surface area contributed by atoms with Gasteiger partial charge in [0, 0.05) is 13.1 Å². The minimum Gasteiger partial charge on any atom is -0.389 e. The van der Waals surface area contributed by atoms with Crippen molar-refractivity contribution in [1.29, 1.82) is 0 Å². The molecule has 0 radical (unpaired) electrons. The van der Waals surface area contributed by atoms with E-state index < -0.39 is 12.2 Å². The zero-order chi connectivity index (χ0) is 13.4. The van der Waals surface area contributed by atoms with Gasteiger partial charge in [-0.05, 0) is 12.1 Å². The fourth-order valence-electron chi connectivity index (χ4n) is 2.27. The van der Waals surface area contributed by atoms with Crippen LogP contribution in [-0.4, -0.2) is 55.4 Å². The number of hydrogen-bond donors (Lipinski definition) is 2. The first kappa shape index (κ1) is 12.2. The molecule has 1 aliphatic heterocycles. The number of aliphatic hydroxyl groups is 2. The maximum absolute atomic E-state index is 12.2. The van der Waals surface area contributed by atoms with E-state index in [2.05, 4.69) is 10.3 Å². The van der Waals surface area contributed by atoms with E-state index in [1.54, 1.807) is 29.2 Å². The van der Waals surface area contributed by atoms with Crippen molar-refractivity contribution in [1.82, 2.24) is 19.9 Å². The molecular weight excluding hydrogens is 248 g/mol. The summed E-state index contributed by atoms with van der Waals surface area (Å²) in [5, 5.41) is 27.3. The van der Waals surface area contributed by atoms with Gasteiger partial charge < -0.3 is 10.2 Å². The third kappa shape index (κ3) is 2.23. The number of β-amino-alcohol motifs (C(OH)–C–C–N with tert-alkyl or cyclic N) is 2. The number of benzene rings is 1. The molecule has 1 aromatic carbocycles. The third-order valence-corrected chi connectivity index (χ3v) is 3.30. The fourth-order valence-corrected chi connectivity index (χ4v) is 2.27. The van der Waals surface area contributed by atoms with Crippen LogP contribution in [0.3, 0.4) is 0 Å². The van der Waals surface area contributed by atoms with Crippen molar-refractivity contribution in [3.63, 3.8) is 0 Å². The molecule has 100 valence electrons. The van der Waals surface area contributed by atoms with E-state index in [1.165, 1.54) is 4.68 Å². The Labute approximate surface area is 108 Å². The molecule has 2 unspecified atom stereocenters. The second kappa shape index (κ2) is 4.69. The summed E-state index contributed by atoms with van der Waals surface area (Å²) in [4.78, 5) is 14.0. The molecule has 2 aromatic rings. The molecule has 1 aromatic heterocycles. The molecule has 7 heteroatoms. The van der Waals surface area contributed by atoms with Crippen molar-refractivity contribution in [2.45, 2.75) is 18.9 Å². The highest BCUT2D eigenvalue weighted by atomic mass is 16.3. The molecule has 1 saturated heterocycles. The number of rotatable bonds is 2. The summed E-state index contributed by atoms with van der Waals surface area (Å²) in [6, 6.07) is 7.01. The molecule has 3 rings (SSSR count). The van der Waals surface area contributed by atoms with Gasteiger partial charge in [0.05, 0.1) is 24.3 Å². The maximum Gasteiger partial charge on any atom is 0.278 e. The van der Waals surface area contributed by atoms with Crippen molar-refractivity contribution < 1.29 is 10.2 Å². The van der Waals surface area contributed by atoms with Crippen LogP contribution in [0.4, 0.5) is 0 Å². The van der Waals surface area contributed by atoms with Crippen LogP contribution in [0.5, 0.6) is 0 Å². The van der Waals surface area contributed by atoms with Gasteiger partial charge in [0.15, 0.2) is 0 Å². The van der Waals surface area contributed by atoms with Crippen LogP contribution < -0.4 is 5.56 Å². The third-order valence-electron chi connectivity index (χ3n) is 3.30. The van der Waals surface area contributed by atoms with Crippen LogP contribution in [0.25, 0.3) is 10.9 Å². The molecule has 1 aliphatic rings. The predicted molar refractivity (Wildman–Crippen MR) is 67.4 cm³/mol. The normalized spacial score (nSPS) is 24.1. The lowest BCUT2D eigenvalue weighted by Gasteiger charge is -2.14. The molecule has 2 N–H and O–H groups in total. The second-order valence-corrected chi connectivity index (χ2v) is 4.72. The van der Waals surface area contributed by atoms with Gasteiger partial charge in [-0.3, -0.25) is 9.69 Å². The minimum atomic E-state index is -0.774. The Kier molecular flexibility index (Phi) is 3.02. The van der Waals surface area contributed by atoms with Crippen LogP contribution in [-0.2, 0) is 6.67 Å². The summed E-state index contributed by atoms with van der Waals surface area (Å²) in [5.41, 5.74) is 0.340. The number of fused-ring (bicyclic) bond motifs is 1. The summed E-state index contributed by atoms with van der Waals surface area (Å²) in [6.07, 6.45) is -1.55. The lowest BCUT2D eigenvalue weighted by Crippen LogP contribution is -2.34. The van der Waals surface area contributed by atoms with E-state index in [0.29, 0.717) is 24.0 Å². The van der Waals surface area contributed by atoms with Gasteiger partial charge in [0.1, 0.15) is 5.52 Å². The van der Waals surface area contributed by atoms with E-state index in [-0.39, 0.29) is 12.2 Å². The van der Waals surface area contributed by atoms with E-state index in [4.69, 9.17) is 0 Å². The van der Waals surface area contributed by atoms with Crippen molar-refractivity contribution in [2.24, 2.45) is 0 Å². The number of nitrogens with zero attached hydrogens (tertiary/aromatic N) is 4. The molecule has 1 fully saturated rings. The van der Waals surface area contributed by atoms with Crippen molar-refractivity contribution in [3.8, 4) is 0 Å². The highest BCUT2D eigenvalue weighted by Gasteiger charge is 2.29. The van der Waals surface area contributed by atoms with Gasteiger partial charge in [-0.1, -0.05) is 17.3 Å². The first-order valence-electron chi connectivity index (χ1n) is 6.06. The van der Waals surface area contributed by atoms with E-state index >= 15 is 0 Å². The molecule has 2 atom stereocenters. The molecule has 19 heavy (non-hydrogen) atoms. The van der Waals surface area contributed by atoms with Crippen LogP contribution in [0.2, 0.25) is 0 Å². The Hall–Kier alpha value is -1.83. The average Bonchev–Trinajstić information content (AvgIpc) is 2.72. The highest BCUT2D eigenvalue weighted by Crippen LogP contribution is 2.10. The van der Waals surface area contributed by atoms with E-state index in [1.807, 2.05) is 0 Å². The summed E-state index contributed by atoms with van der Waals surface area (Å²) in [5.74, 6) is 0. The van der Waals surface area contributed by atoms with Gasteiger partial charge in [-0.25, -0.2) is 0 Å². The Morgan fingerprint density at radius 1 is 1.21 bits per heavy atom. The number of aromatic nitrogens is 3. The Morgan fingerprint density at radius 3 is 2.63 bits per heavy atom. The van der Waals surface area contributed by atoms with E-state index in [0.717, 1.165) is 0 Å². The van der Waals surface area contributed by atoms with Crippen molar-refractivity contribution in [3.05, 3.63) is 34.6 Å². The average molecular weight is 262 g/mol. The van der Waals surface area contributed by atoms with Gasteiger partial charge in [0.25, 0.3) is 5.56 Å². The standard InChI is InChI=1S/C12H14N4O3/c17-10-5-15(6-11(10)18)7-16-12(19)8-3-1-2-4-9(8)13-14-16/h1-4,10-11,17-18H,5-7H2. The monoisotopic (exact) mass is 262 g/mol. The van der Waals surface area contributed by atoms with Crippen LogP contribution in [0.1, 0.15) is 0 Å². The second-order valence-electron chi connectivity index (χ2n) is 4.72. The smallest absolute Gasteiger partial charge is 0.278 e. The minimum absolute atomic E-state index is 0.213. The van der Waals surface area contributed by atoms with Gasteiger partial charge >= 0.3 is 0 Å². The van der Waals surface area contributed by atoms with Gasteiger partial charge in [-0.2, -0.15) is 4.68 Å². The maximum atomic E-state index is 12.2. The highest BCUT2D eigenvalue weighted by molar-refractivity contribution is 5.76. The zero-order valence-corrected chi connectivity index (χ0v) is 10.2. The van der Waals surface area contributed by atoms with Crippen LogP contribution in [0.15, 0.2) is 29.1 Å². The lowest BCUT2D eigenvalue weighted by molar-refractivity contribution is 0.0572. The first-order valence-corrected chi connectivity index (χ1v) is 6.06. The van der Waals surface area contributed by atoms with Crippen molar-refractivity contribution >= 4 is 10.9 Å². The first-order chi connectivity index (χ1) is 9.15. The molecule has 0 amide bonds. The number of hydrogen-bond acceptors (Lipinski definition) is 6. The SMILES string of the molecule is O=c1c2ccccc2nnn1CN1CC(O)C(O)C1. The number of likely N-dealkylation sites (tertiary alicyclic amines) is 1. The Bertz CT molecular complexity index is 647. The summed E-state index contributed by atoms with van der Waals surface area (Å²) in [7, 11) is 0. The van der Waals surface area contributed by atoms with Gasteiger partial charge in [-0.15, -0.1) is 5.10 Å². The topological polar surface area (TPSA) is 91.5 Å². The quantitative estimate of drug-likeness (QED) is 0.705. The summed E-state index contributed by atoms with van der Waals surface area (Å²) in [6.45, 7) is 0.856. The molecule has 0 spiro atoms. The Morgan fingerprint density at radius 2 is 1.89 bits per heavy atom. The zero-order valence-electron chi connectivity index (χ0n) is 10.2. The summed E-state index contributed by atoms with van der Waals surface area (Å²) >= 11 is 0. The van der Waals surface area contributed by atoms with E-state index in [9.17, 15) is 15.0 Å². The number of aliphatic hydroxyl groups excluding tert-OH is 2. The predicted octanol–water partition coefficient (Wildman–Crippen LogP) is -1.21. The molecule has 0 saturated carbocycles. The molecule has 2 heterocycles. The molecule has 7 nitrogen and oxygen atoms in total.